The van der Waals surface area contributed by atoms with Crippen LogP contribution in [0.3, 0.4) is 0 Å². The molecule has 23 heavy (non-hydrogen) atoms. The first-order valence-corrected chi connectivity index (χ1v) is 8.65. The van der Waals surface area contributed by atoms with E-state index < -0.39 is 0 Å². The molecule has 0 aliphatic heterocycles. The highest BCUT2D eigenvalue weighted by atomic mass is 79.9. The van der Waals surface area contributed by atoms with E-state index in [0.29, 0.717) is 19.4 Å². The average molecular weight is 376 g/mol. The van der Waals surface area contributed by atoms with Crippen LogP contribution in [0.2, 0.25) is 0 Å². The summed E-state index contributed by atoms with van der Waals surface area (Å²) in [4.78, 5) is 12.0. The maximum Gasteiger partial charge on any atom is 0.224 e. The first-order valence-electron chi connectivity index (χ1n) is 7.86. The van der Waals surface area contributed by atoms with Crippen LogP contribution < -0.4 is 10.1 Å². The van der Waals surface area contributed by atoms with E-state index >= 15 is 0 Å². The van der Waals surface area contributed by atoms with Gasteiger partial charge in [-0.25, -0.2) is 0 Å². The van der Waals surface area contributed by atoms with Crippen LogP contribution >= 0.6 is 15.9 Å². The molecule has 0 spiro atoms. The Morgan fingerprint density at radius 3 is 2.57 bits per heavy atom. The third kappa shape index (κ3) is 5.71. The highest BCUT2D eigenvalue weighted by Crippen LogP contribution is 2.20. The molecule has 1 N–H and O–H groups in total. The van der Waals surface area contributed by atoms with Gasteiger partial charge >= 0.3 is 0 Å². The number of hydrogen-bond acceptors (Lipinski definition) is 2. The fourth-order valence-corrected chi connectivity index (χ4v) is 2.70. The molecule has 2 aromatic rings. The van der Waals surface area contributed by atoms with Gasteiger partial charge in [0, 0.05) is 16.6 Å². The lowest BCUT2D eigenvalue weighted by molar-refractivity contribution is -0.116. The topological polar surface area (TPSA) is 38.3 Å². The first-order chi connectivity index (χ1) is 11.1. The van der Waals surface area contributed by atoms with E-state index in [1.54, 1.807) is 0 Å². The fourth-order valence-electron chi connectivity index (χ4n) is 2.22. The highest BCUT2D eigenvalue weighted by molar-refractivity contribution is 9.10. The largest absolute Gasteiger partial charge is 0.494 e. The van der Waals surface area contributed by atoms with Crippen molar-refractivity contribution in [2.24, 2.45) is 0 Å². The number of nitrogens with one attached hydrogen (secondary N) is 1. The minimum absolute atomic E-state index is 0.0142. The van der Waals surface area contributed by atoms with Crippen molar-refractivity contribution < 1.29 is 9.53 Å². The summed E-state index contributed by atoms with van der Waals surface area (Å²) < 4.78 is 6.67. The molecule has 2 aromatic carbocycles. The molecule has 0 aliphatic carbocycles. The van der Waals surface area contributed by atoms with E-state index in [9.17, 15) is 4.79 Å². The molecular formula is C19H22BrNO2. The van der Waals surface area contributed by atoms with Gasteiger partial charge in [0.15, 0.2) is 0 Å². The number of aryl methyl sites for hydroxylation is 2. The molecule has 122 valence electrons. The minimum Gasteiger partial charge on any atom is -0.494 e. The molecule has 0 fully saturated rings. The lowest BCUT2D eigenvalue weighted by Crippen LogP contribution is -2.13. The molecule has 0 aliphatic rings. The third-order valence-electron chi connectivity index (χ3n) is 3.61. The Bertz CT molecular complexity index is 653. The van der Waals surface area contributed by atoms with Crippen molar-refractivity contribution in [3.63, 3.8) is 0 Å². The third-order valence-corrected chi connectivity index (χ3v) is 4.10. The number of hydrogen-bond donors (Lipinski definition) is 1. The van der Waals surface area contributed by atoms with Crippen molar-refractivity contribution in [2.75, 3.05) is 11.9 Å². The van der Waals surface area contributed by atoms with Crippen LogP contribution in [0.1, 0.15) is 30.9 Å². The minimum atomic E-state index is 0.0142. The molecule has 0 unspecified atom stereocenters. The maximum atomic E-state index is 12.0. The number of carbonyl (C=O) groups excluding carboxylic acids is 1. The van der Waals surface area contributed by atoms with E-state index in [2.05, 4.69) is 40.3 Å². The van der Waals surface area contributed by atoms with Crippen molar-refractivity contribution in [1.82, 2.24) is 0 Å². The van der Waals surface area contributed by atoms with Gasteiger partial charge in [-0.1, -0.05) is 35.0 Å². The molecule has 0 bridgehead atoms. The Labute approximate surface area is 146 Å². The second kappa shape index (κ2) is 8.73. The summed E-state index contributed by atoms with van der Waals surface area (Å²) in [6, 6.07) is 13.9. The molecular weight excluding hydrogens is 354 g/mol. The maximum absolute atomic E-state index is 12.0. The van der Waals surface area contributed by atoms with Gasteiger partial charge in [0.05, 0.1) is 6.61 Å². The van der Waals surface area contributed by atoms with Crippen LogP contribution in [-0.4, -0.2) is 12.5 Å². The molecule has 0 atom stereocenters. The lowest BCUT2D eigenvalue weighted by Gasteiger charge is -2.09. The Morgan fingerprint density at radius 2 is 1.91 bits per heavy atom. The first kappa shape index (κ1) is 17.5. The van der Waals surface area contributed by atoms with E-state index in [0.717, 1.165) is 27.9 Å². The molecule has 4 heteroatoms. The molecule has 0 saturated carbocycles. The summed E-state index contributed by atoms with van der Waals surface area (Å²) in [6.45, 7) is 4.64. The zero-order valence-electron chi connectivity index (χ0n) is 13.6. The summed E-state index contributed by atoms with van der Waals surface area (Å²) in [5.41, 5.74) is 3.19. The predicted molar refractivity (Wildman–Crippen MR) is 98.1 cm³/mol. The van der Waals surface area contributed by atoms with E-state index in [-0.39, 0.29) is 5.91 Å². The van der Waals surface area contributed by atoms with Crippen molar-refractivity contribution in [3.05, 3.63) is 58.1 Å². The Hall–Kier alpha value is -1.81. The number of benzene rings is 2. The van der Waals surface area contributed by atoms with Crippen LogP contribution in [0.25, 0.3) is 0 Å². The monoisotopic (exact) mass is 375 g/mol. The number of ether oxygens (including phenoxy) is 1. The summed E-state index contributed by atoms with van der Waals surface area (Å²) in [7, 11) is 0. The van der Waals surface area contributed by atoms with Crippen molar-refractivity contribution in [1.29, 1.82) is 0 Å². The molecule has 3 nitrogen and oxygen atoms in total. The van der Waals surface area contributed by atoms with Crippen LogP contribution in [0.15, 0.2) is 46.9 Å². The predicted octanol–water partition coefficient (Wildman–Crippen LogP) is 5.12. The molecule has 1 amide bonds. The average Bonchev–Trinajstić information content (AvgIpc) is 2.55. The second-order valence-electron chi connectivity index (χ2n) is 5.46. The van der Waals surface area contributed by atoms with Crippen LogP contribution in [-0.2, 0) is 11.2 Å². The zero-order chi connectivity index (χ0) is 16.7. The van der Waals surface area contributed by atoms with Gasteiger partial charge in [0.1, 0.15) is 5.75 Å². The van der Waals surface area contributed by atoms with Gasteiger partial charge in [0.2, 0.25) is 5.91 Å². The summed E-state index contributed by atoms with van der Waals surface area (Å²) >= 11 is 3.42. The normalized spacial score (nSPS) is 10.4. The molecule has 0 heterocycles. The quantitative estimate of drug-likeness (QED) is 0.682. The molecule has 0 saturated heterocycles. The second-order valence-corrected chi connectivity index (χ2v) is 6.37. The summed E-state index contributed by atoms with van der Waals surface area (Å²) in [5.74, 6) is 0.867. The van der Waals surface area contributed by atoms with Gasteiger partial charge in [-0.05, 0) is 61.2 Å². The Morgan fingerprint density at radius 1 is 1.17 bits per heavy atom. The number of amides is 1. The molecule has 0 aromatic heterocycles. The standard InChI is InChI=1S/C19H22BrNO2/c1-3-15-6-9-17(10-7-15)23-12-4-5-19(22)21-18-11-8-16(20)13-14(18)2/h6-11,13H,3-5,12H2,1-2H3,(H,21,22). The Balaban J connectivity index is 1.72. The van der Waals surface area contributed by atoms with Crippen LogP contribution in [0.5, 0.6) is 5.75 Å². The SMILES string of the molecule is CCc1ccc(OCCCC(=O)Nc2ccc(Br)cc2C)cc1. The fraction of sp³-hybridized carbons (Fsp3) is 0.316. The molecule has 2 rings (SSSR count). The van der Waals surface area contributed by atoms with E-state index in [4.69, 9.17) is 4.74 Å². The number of carbonyl (C=O) groups is 1. The van der Waals surface area contributed by atoms with Gasteiger partial charge < -0.3 is 10.1 Å². The lowest BCUT2D eigenvalue weighted by atomic mass is 10.2. The van der Waals surface area contributed by atoms with Crippen molar-refractivity contribution in [3.8, 4) is 5.75 Å². The summed E-state index contributed by atoms with van der Waals surface area (Å²) in [6.07, 6.45) is 2.16. The van der Waals surface area contributed by atoms with Gasteiger partial charge in [-0.15, -0.1) is 0 Å². The Kier molecular flexibility index (Phi) is 6.66. The smallest absolute Gasteiger partial charge is 0.224 e. The highest BCUT2D eigenvalue weighted by Gasteiger charge is 2.05. The van der Waals surface area contributed by atoms with Crippen molar-refractivity contribution in [2.45, 2.75) is 33.1 Å². The van der Waals surface area contributed by atoms with Gasteiger partial charge in [-0.3, -0.25) is 4.79 Å². The zero-order valence-corrected chi connectivity index (χ0v) is 15.2. The van der Waals surface area contributed by atoms with Gasteiger partial charge in [0.25, 0.3) is 0 Å². The van der Waals surface area contributed by atoms with Crippen LogP contribution in [0.4, 0.5) is 5.69 Å². The van der Waals surface area contributed by atoms with E-state index in [1.165, 1.54) is 5.56 Å². The number of rotatable bonds is 7. The molecule has 0 radical (unpaired) electrons. The van der Waals surface area contributed by atoms with Gasteiger partial charge in [-0.2, -0.15) is 0 Å². The van der Waals surface area contributed by atoms with Crippen LogP contribution in [0, 0.1) is 6.92 Å². The van der Waals surface area contributed by atoms with E-state index in [1.807, 2.05) is 37.3 Å². The number of halogens is 1. The van der Waals surface area contributed by atoms with Crippen molar-refractivity contribution >= 4 is 27.5 Å². The number of anilines is 1. The summed E-state index contributed by atoms with van der Waals surface area (Å²) in [5, 5.41) is 2.94.